The molecule has 114 valence electrons. The summed E-state index contributed by atoms with van der Waals surface area (Å²) in [5.74, 6) is -0.581. The van der Waals surface area contributed by atoms with Gasteiger partial charge in [-0.05, 0) is 6.07 Å². The molecule has 22 heavy (non-hydrogen) atoms. The lowest BCUT2D eigenvalue weighted by Crippen LogP contribution is -2.19. The minimum absolute atomic E-state index is 0.0364. The highest BCUT2D eigenvalue weighted by Crippen LogP contribution is 2.17. The van der Waals surface area contributed by atoms with Crippen LogP contribution in [0.25, 0.3) is 0 Å². The van der Waals surface area contributed by atoms with E-state index in [1.807, 2.05) is 0 Å². The van der Waals surface area contributed by atoms with Crippen LogP contribution < -0.4 is 5.32 Å². The Bertz CT molecular complexity index is 701. The maximum absolute atomic E-state index is 11.5. The molecular formula is C12H10N4O5S. The second-order valence-corrected chi connectivity index (χ2v) is 5.01. The van der Waals surface area contributed by atoms with Gasteiger partial charge < -0.3 is 10.1 Å². The van der Waals surface area contributed by atoms with Gasteiger partial charge in [-0.25, -0.2) is 4.79 Å². The highest BCUT2D eigenvalue weighted by molar-refractivity contribution is 8.15. The Hall–Kier alpha value is -2.75. The van der Waals surface area contributed by atoms with Crippen molar-refractivity contribution in [2.45, 2.75) is 0 Å². The maximum Gasteiger partial charge on any atom is 0.338 e. The smallest absolute Gasteiger partial charge is 0.338 e. The lowest BCUT2D eigenvalue weighted by Gasteiger charge is -2.01. The number of esters is 1. The first-order valence-electron chi connectivity index (χ1n) is 5.91. The third kappa shape index (κ3) is 3.88. The molecule has 0 saturated carbocycles. The zero-order valence-electron chi connectivity index (χ0n) is 11.3. The molecule has 1 fully saturated rings. The molecule has 0 unspecified atom stereocenters. The number of nitrogens with one attached hydrogen (secondary N) is 1. The van der Waals surface area contributed by atoms with Crippen molar-refractivity contribution in [3.63, 3.8) is 0 Å². The highest BCUT2D eigenvalue weighted by atomic mass is 32.2. The molecule has 0 radical (unpaired) electrons. The second kappa shape index (κ2) is 6.80. The second-order valence-electron chi connectivity index (χ2n) is 4.05. The number of hydrogen-bond donors (Lipinski definition) is 1. The summed E-state index contributed by atoms with van der Waals surface area (Å²) in [4.78, 5) is 32.7. The summed E-state index contributed by atoms with van der Waals surface area (Å²) in [6.07, 6.45) is 1.25. The Kier molecular flexibility index (Phi) is 4.84. The number of nitro groups is 1. The van der Waals surface area contributed by atoms with Gasteiger partial charge >= 0.3 is 5.97 Å². The van der Waals surface area contributed by atoms with Crippen LogP contribution in [0.15, 0.2) is 28.4 Å². The number of thioether (sulfide) groups is 1. The van der Waals surface area contributed by atoms with Crippen LogP contribution in [0.1, 0.15) is 15.9 Å². The number of non-ortho nitro benzene ring substituents is 1. The highest BCUT2D eigenvalue weighted by Gasteiger charge is 2.16. The molecule has 2 rings (SSSR count). The average molecular weight is 322 g/mol. The van der Waals surface area contributed by atoms with Gasteiger partial charge in [0.15, 0.2) is 5.17 Å². The monoisotopic (exact) mass is 322 g/mol. The molecular weight excluding hydrogens is 312 g/mol. The third-order valence-corrected chi connectivity index (χ3v) is 3.38. The van der Waals surface area contributed by atoms with E-state index in [0.29, 0.717) is 10.7 Å². The molecule has 1 N–H and O–H groups in total. The van der Waals surface area contributed by atoms with Gasteiger partial charge in [0.05, 0.1) is 29.6 Å². The number of nitrogens with zero attached hydrogens (tertiary/aromatic N) is 3. The number of amidine groups is 1. The number of benzene rings is 1. The summed E-state index contributed by atoms with van der Waals surface area (Å²) in [6.45, 7) is 0. The summed E-state index contributed by atoms with van der Waals surface area (Å²) in [7, 11) is 1.18. The van der Waals surface area contributed by atoms with Gasteiger partial charge in [-0.15, -0.1) is 5.10 Å². The van der Waals surface area contributed by atoms with Crippen LogP contribution in [0.5, 0.6) is 0 Å². The Morgan fingerprint density at radius 3 is 2.86 bits per heavy atom. The van der Waals surface area contributed by atoms with Crippen molar-refractivity contribution in [1.29, 1.82) is 0 Å². The van der Waals surface area contributed by atoms with Gasteiger partial charge in [-0.2, -0.15) is 5.10 Å². The fourth-order valence-corrected chi connectivity index (χ4v) is 2.21. The molecule has 1 amide bonds. The van der Waals surface area contributed by atoms with Crippen LogP contribution in [0, 0.1) is 10.1 Å². The number of nitro benzene ring substituents is 1. The number of carbonyl (C=O) groups excluding carboxylic acids is 2. The van der Waals surface area contributed by atoms with Crippen molar-refractivity contribution in [3.8, 4) is 0 Å². The van der Waals surface area contributed by atoms with E-state index in [1.54, 1.807) is 0 Å². The molecule has 0 aromatic heterocycles. The fraction of sp³-hybridized carbons (Fsp3) is 0.167. The van der Waals surface area contributed by atoms with Crippen LogP contribution in [-0.4, -0.2) is 41.0 Å². The van der Waals surface area contributed by atoms with Crippen LogP contribution in [-0.2, 0) is 9.53 Å². The molecule has 1 saturated heterocycles. The number of ether oxygens (including phenoxy) is 1. The van der Waals surface area contributed by atoms with Gasteiger partial charge in [-0.1, -0.05) is 11.8 Å². The van der Waals surface area contributed by atoms with Gasteiger partial charge in [0, 0.05) is 17.7 Å². The van der Waals surface area contributed by atoms with Crippen molar-refractivity contribution in [2.75, 3.05) is 12.9 Å². The molecule has 0 spiro atoms. The first kappa shape index (κ1) is 15.6. The molecule has 10 heteroatoms. The Morgan fingerprint density at radius 1 is 1.50 bits per heavy atom. The number of carbonyl (C=O) groups is 2. The molecule has 1 aliphatic heterocycles. The van der Waals surface area contributed by atoms with E-state index in [2.05, 4.69) is 20.3 Å². The molecule has 0 atom stereocenters. The zero-order chi connectivity index (χ0) is 16.1. The van der Waals surface area contributed by atoms with Crippen molar-refractivity contribution in [3.05, 3.63) is 39.4 Å². The van der Waals surface area contributed by atoms with E-state index in [1.165, 1.54) is 37.2 Å². The fourth-order valence-electron chi connectivity index (χ4n) is 1.58. The van der Waals surface area contributed by atoms with Gasteiger partial charge in [0.1, 0.15) is 0 Å². The zero-order valence-corrected chi connectivity index (χ0v) is 12.1. The quantitative estimate of drug-likeness (QED) is 0.381. The normalized spacial score (nSPS) is 16.0. The van der Waals surface area contributed by atoms with Crippen LogP contribution in [0.3, 0.4) is 0 Å². The van der Waals surface area contributed by atoms with E-state index in [0.717, 1.165) is 6.07 Å². The van der Waals surface area contributed by atoms with Gasteiger partial charge in [0.2, 0.25) is 5.91 Å². The third-order valence-electron chi connectivity index (χ3n) is 2.51. The van der Waals surface area contributed by atoms with Crippen LogP contribution in [0.4, 0.5) is 5.69 Å². The molecule has 1 heterocycles. The molecule has 1 aromatic rings. The van der Waals surface area contributed by atoms with Crippen molar-refractivity contribution >= 4 is 40.7 Å². The Morgan fingerprint density at radius 2 is 2.27 bits per heavy atom. The van der Waals surface area contributed by atoms with E-state index >= 15 is 0 Å². The lowest BCUT2D eigenvalue weighted by molar-refractivity contribution is -0.384. The minimum atomic E-state index is -0.691. The SMILES string of the molecule is COC(=O)c1cc(C=NN=C2NC(=O)CS2)cc([N+](=O)[O-])c1. The molecule has 0 aliphatic carbocycles. The summed E-state index contributed by atoms with van der Waals surface area (Å²) in [6, 6.07) is 3.75. The summed E-state index contributed by atoms with van der Waals surface area (Å²) < 4.78 is 4.54. The number of hydrogen-bond acceptors (Lipinski definition) is 8. The van der Waals surface area contributed by atoms with Crippen molar-refractivity contribution in [1.82, 2.24) is 5.32 Å². The predicted octanol–water partition coefficient (Wildman–Crippen LogP) is 0.934. The summed E-state index contributed by atoms with van der Waals surface area (Å²) in [5, 5.41) is 21.2. The molecule has 1 aliphatic rings. The van der Waals surface area contributed by atoms with E-state index in [-0.39, 0.29) is 22.9 Å². The first-order valence-corrected chi connectivity index (χ1v) is 6.89. The topological polar surface area (TPSA) is 123 Å². The van der Waals surface area contributed by atoms with Gasteiger partial charge in [0.25, 0.3) is 5.69 Å². The lowest BCUT2D eigenvalue weighted by atomic mass is 10.1. The Labute approximate surface area is 128 Å². The summed E-state index contributed by atoms with van der Waals surface area (Å²) >= 11 is 1.20. The number of rotatable bonds is 4. The van der Waals surface area contributed by atoms with Crippen molar-refractivity contribution in [2.24, 2.45) is 10.2 Å². The summed E-state index contributed by atoms with van der Waals surface area (Å²) in [5.41, 5.74) is 0.0863. The van der Waals surface area contributed by atoms with E-state index < -0.39 is 10.9 Å². The van der Waals surface area contributed by atoms with E-state index in [9.17, 15) is 19.7 Å². The molecule has 0 bridgehead atoms. The number of amides is 1. The predicted molar refractivity (Wildman–Crippen MR) is 80.1 cm³/mol. The van der Waals surface area contributed by atoms with Crippen LogP contribution in [0.2, 0.25) is 0 Å². The molecule has 9 nitrogen and oxygen atoms in total. The maximum atomic E-state index is 11.5. The molecule has 1 aromatic carbocycles. The minimum Gasteiger partial charge on any atom is -0.465 e. The van der Waals surface area contributed by atoms with Gasteiger partial charge in [-0.3, -0.25) is 14.9 Å². The average Bonchev–Trinajstić information content (AvgIpc) is 2.91. The Balaban J connectivity index is 2.26. The first-order chi connectivity index (χ1) is 10.5. The number of methoxy groups -OCH3 is 1. The van der Waals surface area contributed by atoms with Crippen molar-refractivity contribution < 1.29 is 19.2 Å². The largest absolute Gasteiger partial charge is 0.465 e. The standard InChI is InChI=1S/C12H10N4O5S/c1-21-11(18)8-2-7(3-9(4-8)16(19)20)5-13-15-12-14-10(17)6-22-12/h2-5H,6H2,1H3,(H,14,15,17). The van der Waals surface area contributed by atoms with Crippen LogP contribution >= 0.6 is 11.8 Å². The van der Waals surface area contributed by atoms with E-state index in [4.69, 9.17) is 0 Å².